The van der Waals surface area contributed by atoms with Crippen molar-refractivity contribution in [3.8, 4) is 0 Å². The molecule has 4 nitrogen and oxygen atoms in total. The molecule has 0 saturated heterocycles. The van der Waals surface area contributed by atoms with E-state index in [1.165, 1.54) is 0 Å². The van der Waals surface area contributed by atoms with Crippen LogP contribution in [0.4, 0.5) is 10.1 Å². The van der Waals surface area contributed by atoms with Crippen LogP contribution in [0.3, 0.4) is 0 Å². The smallest absolute Gasteiger partial charge is 0.274 e. The number of nitro benzene ring substituents is 1. The fourth-order valence-corrected chi connectivity index (χ4v) is 1.53. The predicted molar refractivity (Wildman–Crippen MR) is 62.6 cm³/mol. The molecule has 1 atom stereocenters. The van der Waals surface area contributed by atoms with Crippen molar-refractivity contribution in [3.05, 3.63) is 38.7 Å². The highest BCUT2D eigenvalue weighted by Gasteiger charge is 2.21. The molecule has 1 aromatic rings. The minimum Gasteiger partial charge on any atom is -0.393 e. The molecule has 0 radical (unpaired) electrons. The molecule has 1 aromatic carbocycles. The number of hydrogen-bond donors (Lipinski definition) is 1. The van der Waals surface area contributed by atoms with Crippen molar-refractivity contribution >= 4 is 17.3 Å². The summed E-state index contributed by atoms with van der Waals surface area (Å²) in [5.74, 6) is -0.781. The molecule has 0 aromatic heterocycles. The second-order valence-corrected chi connectivity index (χ2v) is 4.57. The van der Waals surface area contributed by atoms with Crippen LogP contribution in [0.1, 0.15) is 19.4 Å². The highest BCUT2D eigenvalue weighted by molar-refractivity contribution is 6.31. The highest BCUT2D eigenvalue weighted by Crippen LogP contribution is 2.27. The minimum atomic E-state index is -0.755. The summed E-state index contributed by atoms with van der Waals surface area (Å²) in [6.07, 6.45) is -0.725. The van der Waals surface area contributed by atoms with Crippen LogP contribution in [0.2, 0.25) is 5.02 Å². The van der Waals surface area contributed by atoms with Crippen LogP contribution in [0.5, 0.6) is 0 Å². The Balaban J connectivity index is 3.13. The first-order valence-electron chi connectivity index (χ1n) is 5.13. The van der Waals surface area contributed by atoms with Gasteiger partial charge in [-0.15, -0.1) is 0 Å². The highest BCUT2D eigenvalue weighted by atomic mass is 35.5. The number of halogens is 2. The summed E-state index contributed by atoms with van der Waals surface area (Å²) in [6, 6.07) is 1.98. The molecule has 1 N–H and O–H groups in total. The van der Waals surface area contributed by atoms with Crippen molar-refractivity contribution in [1.82, 2.24) is 0 Å². The molecular weight excluding hydrogens is 249 g/mol. The Morgan fingerprint density at radius 3 is 2.59 bits per heavy atom. The first kappa shape index (κ1) is 13.9. The summed E-state index contributed by atoms with van der Waals surface area (Å²) in [5, 5.41) is 20.2. The topological polar surface area (TPSA) is 63.4 Å². The Morgan fingerprint density at radius 2 is 2.12 bits per heavy atom. The van der Waals surface area contributed by atoms with E-state index < -0.39 is 16.8 Å². The molecule has 0 aliphatic carbocycles. The third-order valence-electron chi connectivity index (χ3n) is 2.52. The van der Waals surface area contributed by atoms with Crippen LogP contribution in [-0.4, -0.2) is 16.1 Å². The number of aliphatic hydroxyl groups is 1. The van der Waals surface area contributed by atoms with E-state index >= 15 is 0 Å². The van der Waals surface area contributed by atoms with Gasteiger partial charge in [0, 0.05) is 18.1 Å². The van der Waals surface area contributed by atoms with E-state index in [1.54, 1.807) is 13.8 Å². The van der Waals surface area contributed by atoms with Crippen LogP contribution >= 0.6 is 11.6 Å². The summed E-state index contributed by atoms with van der Waals surface area (Å²) in [4.78, 5) is 10.1. The maximum Gasteiger partial charge on any atom is 0.274 e. The van der Waals surface area contributed by atoms with E-state index in [9.17, 15) is 19.6 Å². The first-order chi connectivity index (χ1) is 7.82. The van der Waals surface area contributed by atoms with Gasteiger partial charge >= 0.3 is 0 Å². The molecule has 0 aliphatic rings. The zero-order valence-corrected chi connectivity index (χ0v) is 10.2. The molecule has 0 fully saturated rings. The Bertz CT molecular complexity index is 437. The van der Waals surface area contributed by atoms with Crippen LogP contribution in [-0.2, 0) is 6.42 Å². The number of hydrogen-bond acceptors (Lipinski definition) is 3. The zero-order chi connectivity index (χ0) is 13.2. The third-order valence-corrected chi connectivity index (χ3v) is 2.81. The Morgan fingerprint density at radius 1 is 1.53 bits per heavy atom. The van der Waals surface area contributed by atoms with Gasteiger partial charge in [0.2, 0.25) is 0 Å². The Labute approximate surface area is 103 Å². The Hall–Kier alpha value is -1.20. The van der Waals surface area contributed by atoms with Gasteiger partial charge in [0.25, 0.3) is 5.69 Å². The molecule has 1 rings (SSSR count). The molecular formula is C11H13ClFNO3. The largest absolute Gasteiger partial charge is 0.393 e. The van der Waals surface area contributed by atoms with Gasteiger partial charge in [-0.3, -0.25) is 10.1 Å². The number of nitrogens with zero attached hydrogens (tertiary/aromatic N) is 1. The van der Waals surface area contributed by atoms with Gasteiger partial charge in [0.05, 0.1) is 16.0 Å². The van der Waals surface area contributed by atoms with Gasteiger partial charge in [-0.25, -0.2) is 4.39 Å². The molecule has 0 heterocycles. The molecule has 0 bridgehead atoms. The molecule has 1 unspecified atom stereocenters. The average Bonchev–Trinajstić information content (AvgIpc) is 2.22. The monoisotopic (exact) mass is 261 g/mol. The summed E-state index contributed by atoms with van der Waals surface area (Å²) >= 11 is 5.49. The lowest BCUT2D eigenvalue weighted by Crippen LogP contribution is -2.18. The standard InChI is InChI=1S/C11H13ClFNO3/c1-6(2)11(15)4-7-3-9(13)8(12)5-10(7)14(16)17/h3,5-6,11,15H,4H2,1-2H3. The van der Waals surface area contributed by atoms with Crippen LogP contribution in [0.15, 0.2) is 12.1 Å². The van der Waals surface area contributed by atoms with Gasteiger partial charge < -0.3 is 5.11 Å². The number of aliphatic hydroxyl groups excluding tert-OH is 1. The second-order valence-electron chi connectivity index (χ2n) is 4.17. The number of nitro groups is 1. The van der Waals surface area contributed by atoms with Crippen molar-refractivity contribution in [1.29, 1.82) is 0 Å². The normalized spacial score (nSPS) is 12.8. The minimum absolute atomic E-state index is 0.0298. The first-order valence-corrected chi connectivity index (χ1v) is 5.51. The molecule has 0 saturated carbocycles. The molecule has 0 spiro atoms. The van der Waals surface area contributed by atoms with Crippen molar-refractivity contribution in [2.24, 2.45) is 5.92 Å². The maximum absolute atomic E-state index is 13.2. The lowest BCUT2D eigenvalue weighted by Gasteiger charge is -2.14. The SMILES string of the molecule is CC(C)C(O)Cc1cc(F)c(Cl)cc1[N+](=O)[O-]. The quantitative estimate of drug-likeness (QED) is 0.669. The summed E-state index contributed by atoms with van der Waals surface area (Å²) in [6.45, 7) is 3.56. The van der Waals surface area contributed by atoms with Crippen molar-refractivity contribution in [2.45, 2.75) is 26.4 Å². The Kier molecular flexibility index (Phi) is 4.42. The molecule has 94 valence electrons. The molecule has 6 heteroatoms. The third kappa shape index (κ3) is 3.38. The second kappa shape index (κ2) is 5.42. The predicted octanol–water partition coefficient (Wildman–Crippen LogP) is 2.95. The van der Waals surface area contributed by atoms with Crippen molar-refractivity contribution in [3.63, 3.8) is 0 Å². The van der Waals surface area contributed by atoms with Crippen LogP contribution in [0, 0.1) is 21.8 Å². The molecule has 0 aliphatic heterocycles. The summed E-state index contributed by atoms with van der Waals surface area (Å²) < 4.78 is 13.2. The van der Waals surface area contributed by atoms with Gasteiger partial charge in [-0.05, 0) is 12.0 Å². The average molecular weight is 262 g/mol. The van der Waals surface area contributed by atoms with E-state index in [2.05, 4.69) is 0 Å². The van der Waals surface area contributed by atoms with Crippen molar-refractivity contribution in [2.75, 3.05) is 0 Å². The van der Waals surface area contributed by atoms with Gasteiger partial charge in [-0.1, -0.05) is 25.4 Å². The van der Waals surface area contributed by atoms with E-state index in [0.29, 0.717) is 0 Å². The zero-order valence-electron chi connectivity index (χ0n) is 9.48. The van der Waals surface area contributed by atoms with Gasteiger partial charge in [0.15, 0.2) is 0 Å². The van der Waals surface area contributed by atoms with Crippen molar-refractivity contribution < 1.29 is 14.4 Å². The maximum atomic E-state index is 13.2. The lowest BCUT2D eigenvalue weighted by atomic mass is 9.98. The lowest BCUT2D eigenvalue weighted by molar-refractivity contribution is -0.385. The van der Waals surface area contributed by atoms with E-state index in [0.717, 1.165) is 12.1 Å². The van der Waals surface area contributed by atoms with E-state index in [-0.39, 0.29) is 28.6 Å². The number of rotatable bonds is 4. The summed E-state index contributed by atoms with van der Waals surface area (Å²) in [7, 11) is 0. The fourth-order valence-electron chi connectivity index (χ4n) is 1.37. The molecule has 0 amide bonds. The summed E-state index contributed by atoms with van der Waals surface area (Å²) in [5.41, 5.74) is -0.116. The van der Waals surface area contributed by atoms with Gasteiger partial charge in [0.1, 0.15) is 5.82 Å². The van der Waals surface area contributed by atoms with Gasteiger partial charge in [-0.2, -0.15) is 0 Å². The number of benzene rings is 1. The molecule has 17 heavy (non-hydrogen) atoms. The van der Waals surface area contributed by atoms with E-state index in [4.69, 9.17) is 11.6 Å². The van der Waals surface area contributed by atoms with E-state index in [1.807, 2.05) is 0 Å². The fraction of sp³-hybridized carbons (Fsp3) is 0.455. The van der Waals surface area contributed by atoms with Crippen LogP contribution < -0.4 is 0 Å². The van der Waals surface area contributed by atoms with Crippen LogP contribution in [0.25, 0.3) is 0 Å².